The highest BCUT2D eigenvalue weighted by Gasteiger charge is 2.14. The second-order valence-corrected chi connectivity index (χ2v) is 5.64. The zero-order valence-corrected chi connectivity index (χ0v) is 13.7. The van der Waals surface area contributed by atoms with Crippen molar-refractivity contribution in [2.24, 2.45) is 0 Å². The van der Waals surface area contributed by atoms with E-state index >= 15 is 0 Å². The Morgan fingerprint density at radius 2 is 1.96 bits per heavy atom. The van der Waals surface area contributed by atoms with Crippen molar-refractivity contribution in [1.82, 2.24) is 5.32 Å². The number of carbonyl (C=O) groups excluding carboxylic acids is 1. The van der Waals surface area contributed by atoms with Gasteiger partial charge >= 0.3 is 5.63 Å². The average Bonchev–Trinajstić information content (AvgIpc) is 2.52. The molecule has 6 nitrogen and oxygen atoms in total. The Labute approximate surface area is 134 Å². The largest absolute Gasteiger partial charge is 0.483 e. The molecule has 0 saturated carbocycles. The smallest absolute Gasteiger partial charge is 0.339 e. The van der Waals surface area contributed by atoms with Crippen LogP contribution in [0.25, 0.3) is 11.0 Å². The molecule has 1 aromatic heterocycles. The average molecular weight is 319 g/mol. The van der Waals surface area contributed by atoms with Crippen LogP contribution in [0, 0.1) is 20.8 Å². The maximum Gasteiger partial charge on any atom is 0.339 e. The van der Waals surface area contributed by atoms with E-state index < -0.39 is 0 Å². The van der Waals surface area contributed by atoms with Gasteiger partial charge in [0.1, 0.15) is 11.3 Å². The molecule has 2 N–H and O–H groups in total. The van der Waals surface area contributed by atoms with Crippen molar-refractivity contribution < 1.29 is 19.1 Å². The number of amides is 1. The molecule has 1 atom stereocenters. The lowest BCUT2D eigenvalue weighted by atomic mass is 10.0. The summed E-state index contributed by atoms with van der Waals surface area (Å²) in [5.41, 5.74) is 2.23. The number of hydrogen-bond donors (Lipinski definition) is 2. The number of aliphatic hydroxyl groups excluding tert-OH is 1. The summed E-state index contributed by atoms with van der Waals surface area (Å²) < 4.78 is 10.9. The van der Waals surface area contributed by atoms with E-state index in [4.69, 9.17) is 14.3 Å². The Bertz CT molecular complexity index is 794. The fraction of sp³-hybridized carbons (Fsp3) is 0.412. The molecule has 0 radical (unpaired) electrons. The number of hydrogen-bond acceptors (Lipinski definition) is 5. The molecule has 1 aromatic carbocycles. The molecule has 124 valence electrons. The third-order valence-electron chi connectivity index (χ3n) is 3.86. The van der Waals surface area contributed by atoms with Gasteiger partial charge in [0, 0.05) is 22.6 Å². The van der Waals surface area contributed by atoms with Gasteiger partial charge in [0.15, 0.2) is 6.61 Å². The van der Waals surface area contributed by atoms with E-state index in [1.807, 2.05) is 13.0 Å². The van der Waals surface area contributed by atoms with Gasteiger partial charge in [-0.3, -0.25) is 4.79 Å². The van der Waals surface area contributed by atoms with Crippen molar-refractivity contribution in [3.63, 3.8) is 0 Å². The van der Waals surface area contributed by atoms with E-state index in [-0.39, 0.29) is 30.8 Å². The summed E-state index contributed by atoms with van der Waals surface area (Å²) in [4.78, 5) is 23.5. The minimum absolute atomic E-state index is 0.134. The Morgan fingerprint density at radius 1 is 1.26 bits per heavy atom. The summed E-state index contributed by atoms with van der Waals surface area (Å²) in [5.74, 6) is 0.156. The van der Waals surface area contributed by atoms with Crippen LogP contribution < -0.4 is 15.7 Å². The maximum absolute atomic E-state index is 11.8. The van der Waals surface area contributed by atoms with E-state index in [0.717, 1.165) is 10.9 Å². The normalized spacial score (nSPS) is 12.2. The lowest BCUT2D eigenvalue weighted by Gasteiger charge is -2.14. The van der Waals surface area contributed by atoms with Crippen LogP contribution in [-0.4, -0.2) is 30.3 Å². The molecule has 0 aliphatic carbocycles. The van der Waals surface area contributed by atoms with Crippen LogP contribution >= 0.6 is 0 Å². The topological polar surface area (TPSA) is 88.8 Å². The molecule has 0 aliphatic heterocycles. The number of nitrogens with one attached hydrogen (secondary N) is 1. The molecular formula is C17H21NO5. The zero-order valence-electron chi connectivity index (χ0n) is 13.7. The van der Waals surface area contributed by atoms with Crippen molar-refractivity contribution in [1.29, 1.82) is 0 Å². The second-order valence-electron chi connectivity index (χ2n) is 5.64. The monoisotopic (exact) mass is 319 g/mol. The molecule has 0 unspecified atom stereocenters. The van der Waals surface area contributed by atoms with Gasteiger partial charge in [0.2, 0.25) is 0 Å². The highest BCUT2D eigenvalue weighted by Crippen LogP contribution is 2.29. The molecule has 1 amide bonds. The SMILES string of the molecule is Cc1c(C)c2ccc(OCC(=O)N[C@@H](C)CO)c(C)c2oc1=O. The van der Waals surface area contributed by atoms with Crippen molar-refractivity contribution in [3.8, 4) is 5.75 Å². The van der Waals surface area contributed by atoms with E-state index in [1.54, 1.807) is 26.8 Å². The number of benzene rings is 1. The third kappa shape index (κ3) is 3.53. The first-order chi connectivity index (χ1) is 10.8. The number of rotatable bonds is 5. The van der Waals surface area contributed by atoms with Crippen LogP contribution in [0.15, 0.2) is 21.3 Å². The first-order valence-electron chi connectivity index (χ1n) is 7.41. The summed E-state index contributed by atoms with van der Waals surface area (Å²) in [6, 6.07) is 3.25. The second kappa shape index (κ2) is 6.83. The number of ether oxygens (including phenoxy) is 1. The number of fused-ring (bicyclic) bond motifs is 1. The molecule has 2 aromatic rings. The Morgan fingerprint density at radius 3 is 2.61 bits per heavy atom. The fourth-order valence-electron chi connectivity index (χ4n) is 2.29. The highest BCUT2D eigenvalue weighted by molar-refractivity contribution is 5.85. The Hall–Kier alpha value is -2.34. The molecule has 0 bridgehead atoms. The summed E-state index contributed by atoms with van der Waals surface area (Å²) in [6.45, 7) is 6.77. The minimum atomic E-state index is -0.371. The van der Waals surface area contributed by atoms with Gasteiger partial charge in [-0.1, -0.05) is 0 Å². The first kappa shape index (κ1) is 17.0. The molecule has 1 heterocycles. The molecule has 0 spiro atoms. The molecule has 6 heteroatoms. The van der Waals surface area contributed by atoms with Crippen LogP contribution in [0.1, 0.15) is 23.6 Å². The molecule has 0 fully saturated rings. The van der Waals surface area contributed by atoms with E-state index in [1.165, 1.54) is 0 Å². The van der Waals surface area contributed by atoms with Gasteiger partial charge in [-0.2, -0.15) is 0 Å². The third-order valence-corrected chi connectivity index (χ3v) is 3.86. The summed E-state index contributed by atoms with van der Waals surface area (Å²) in [6.07, 6.45) is 0. The van der Waals surface area contributed by atoms with Crippen LogP contribution in [0.5, 0.6) is 5.75 Å². The summed E-state index contributed by atoms with van der Waals surface area (Å²) >= 11 is 0. The molecular weight excluding hydrogens is 298 g/mol. The minimum Gasteiger partial charge on any atom is -0.483 e. The van der Waals surface area contributed by atoms with Gasteiger partial charge in [0.05, 0.1) is 6.61 Å². The zero-order chi connectivity index (χ0) is 17.1. The van der Waals surface area contributed by atoms with Crippen molar-refractivity contribution in [2.45, 2.75) is 33.7 Å². The molecule has 23 heavy (non-hydrogen) atoms. The fourth-order valence-corrected chi connectivity index (χ4v) is 2.29. The van der Waals surface area contributed by atoms with Crippen LogP contribution in [0.4, 0.5) is 0 Å². The first-order valence-corrected chi connectivity index (χ1v) is 7.41. The van der Waals surface area contributed by atoms with E-state index in [0.29, 0.717) is 22.5 Å². The van der Waals surface area contributed by atoms with E-state index in [9.17, 15) is 9.59 Å². The van der Waals surface area contributed by atoms with Crippen molar-refractivity contribution in [2.75, 3.05) is 13.2 Å². The Balaban J connectivity index is 2.26. The highest BCUT2D eigenvalue weighted by atomic mass is 16.5. The predicted octanol–water partition coefficient (Wildman–Crippen LogP) is 1.59. The summed E-state index contributed by atoms with van der Waals surface area (Å²) in [5, 5.41) is 12.4. The van der Waals surface area contributed by atoms with Crippen molar-refractivity contribution >= 4 is 16.9 Å². The van der Waals surface area contributed by atoms with Gasteiger partial charge in [0.25, 0.3) is 5.91 Å². The van der Waals surface area contributed by atoms with E-state index in [2.05, 4.69) is 5.32 Å². The summed E-state index contributed by atoms with van der Waals surface area (Å²) in [7, 11) is 0. The lowest BCUT2D eigenvalue weighted by molar-refractivity contribution is -0.124. The maximum atomic E-state index is 11.8. The lowest BCUT2D eigenvalue weighted by Crippen LogP contribution is -2.38. The van der Waals surface area contributed by atoms with Crippen molar-refractivity contribution in [3.05, 3.63) is 39.2 Å². The van der Waals surface area contributed by atoms with Crippen LogP contribution in [0.2, 0.25) is 0 Å². The van der Waals surface area contributed by atoms with Gasteiger partial charge in [-0.05, 0) is 45.4 Å². The number of carbonyl (C=O) groups is 1. The van der Waals surface area contributed by atoms with Gasteiger partial charge in [-0.25, -0.2) is 4.79 Å². The number of aryl methyl sites for hydroxylation is 2. The number of aliphatic hydroxyl groups is 1. The standard InChI is InChI=1S/C17H21NO5/c1-9(7-19)18-15(20)8-22-14-6-5-13-10(2)11(3)17(21)23-16(13)12(14)4/h5-6,9,19H,7-8H2,1-4H3,(H,18,20)/t9-/m0/s1. The quantitative estimate of drug-likeness (QED) is 0.817. The van der Waals surface area contributed by atoms with Crippen LogP contribution in [-0.2, 0) is 4.79 Å². The van der Waals surface area contributed by atoms with Gasteiger partial charge in [-0.15, -0.1) is 0 Å². The Kier molecular flexibility index (Phi) is 5.05. The molecule has 0 aliphatic rings. The predicted molar refractivity (Wildman–Crippen MR) is 86.9 cm³/mol. The molecule has 2 rings (SSSR count). The van der Waals surface area contributed by atoms with Crippen LogP contribution in [0.3, 0.4) is 0 Å². The molecule has 0 saturated heterocycles. The van der Waals surface area contributed by atoms with Gasteiger partial charge < -0.3 is 19.6 Å².